The number of rotatable bonds is 3. The molecule has 0 amide bonds. The second-order valence-electron chi connectivity index (χ2n) is 4.84. The molecule has 3 heteroatoms. The molecule has 1 aromatic carbocycles. The predicted octanol–water partition coefficient (Wildman–Crippen LogP) is 3.06. The van der Waals surface area contributed by atoms with Crippen molar-refractivity contribution in [2.75, 3.05) is 13.1 Å². The van der Waals surface area contributed by atoms with Gasteiger partial charge in [0.15, 0.2) is 5.78 Å². The fraction of sp³-hybridized carbons (Fsp3) is 0.533. The Morgan fingerprint density at radius 1 is 1.33 bits per heavy atom. The Hall–Kier alpha value is -1.22. The van der Waals surface area contributed by atoms with Gasteiger partial charge in [0, 0.05) is 18.0 Å². The number of hydrogen-bond acceptors (Lipinski definition) is 2. The van der Waals surface area contributed by atoms with Crippen LogP contribution in [-0.4, -0.2) is 29.8 Å². The van der Waals surface area contributed by atoms with Crippen molar-refractivity contribution in [3.05, 3.63) is 35.1 Å². The standard InChI is InChI=1S/C15H20FNO/c1-3-17(4-2)13-8-6-11-5-7-12(16)9-14(11)15(18)10-13/h5,7,9,13H,3-4,6,8,10H2,1-2H3. The topological polar surface area (TPSA) is 20.3 Å². The van der Waals surface area contributed by atoms with Gasteiger partial charge in [-0.15, -0.1) is 0 Å². The average molecular weight is 249 g/mol. The summed E-state index contributed by atoms with van der Waals surface area (Å²) in [6.45, 7) is 6.15. The van der Waals surface area contributed by atoms with Crippen LogP contribution in [0.1, 0.15) is 42.6 Å². The van der Waals surface area contributed by atoms with Crippen LogP contribution in [0.4, 0.5) is 4.39 Å². The molecule has 0 bridgehead atoms. The molecular formula is C15H20FNO. The average Bonchev–Trinajstić information content (AvgIpc) is 2.52. The highest BCUT2D eigenvalue weighted by Gasteiger charge is 2.25. The van der Waals surface area contributed by atoms with E-state index in [1.165, 1.54) is 12.1 Å². The van der Waals surface area contributed by atoms with Gasteiger partial charge in [-0.05, 0) is 43.6 Å². The maximum atomic E-state index is 13.2. The number of ketones is 1. The third-order valence-corrected chi connectivity index (χ3v) is 3.87. The van der Waals surface area contributed by atoms with E-state index in [-0.39, 0.29) is 11.6 Å². The van der Waals surface area contributed by atoms with Gasteiger partial charge in [-0.1, -0.05) is 19.9 Å². The zero-order valence-corrected chi connectivity index (χ0v) is 11.1. The zero-order chi connectivity index (χ0) is 13.1. The van der Waals surface area contributed by atoms with Crippen LogP contribution in [0.15, 0.2) is 18.2 Å². The molecule has 2 nitrogen and oxygen atoms in total. The molecule has 0 saturated carbocycles. The molecule has 0 aliphatic heterocycles. The lowest BCUT2D eigenvalue weighted by Crippen LogP contribution is -2.36. The number of Topliss-reactive ketones (excluding diaryl/α,β-unsaturated/α-hetero) is 1. The van der Waals surface area contributed by atoms with E-state index in [0.29, 0.717) is 18.0 Å². The van der Waals surface area contributed by atoms with Crippen LogP contribution in [-0.2, 0) is 6.42 Å². The molecule has 0 N–H and O–H groups in total. The molecule has 2 rings (SSSR count). The Morgan fingerprint density at radius 3 is 2.72 bits per heavy atom. The van der Waals surface area contributed by atoms with Crippen molar-refractivity contribution in [1.82, 2.24) is 4.90 Å². The first-order chi connectivity index (χ1) is 8.65. The summed E-state index contributed by atoms with van der Waals surface area (Å²) >= 11 is 0. The van der Waals surface area contributed by atoms with Crippen molar-refractivity contribution < 1.29 is 9.18 Å². The van der Waals surface area contributed by atoms with Gasteiger partial charge in [0.25, 0.3) is 0 Å². The minimum atomic E-state index is -0.316. The first-order valence-corrected chi connectivity index (χ1v) is 6.71. The van der Waals surface area contributed by atoms with Gasteiger partial charge in [-0.3, -0.25) is 4.79 Å². The van der Waals surface area contributed by atoms with Gasteiger partial charge in [0.05, 0.1) is 0 Å². The van der Waals surface area contributed by atoms with Gasteiger partial charge >= 0.3 is 0 Å². The second-order valence-corrected chi connectivity index (χ2v) is 4.84. The quantitative estimate of drug-likeness (QED) is 0.767. The monoisotopic (exact) mass is 249 g/mol. The third kappa shape index (κ3) is 2.61. The highest BCUT2D eigenvalue weighted by Crippen LogP contribution is 2.24. The number of nitrogens with zero attached hydrogens (tertiary/aromatic N) is 1. The molecule has 1 aromatic rings. The Kier molecular flexibility index (Phi) is 4.12. The van der Waals surface area contributed by atoms with E-state index < -0.39 is 0 Å². The Morgan fingerprint density at radius 2 is 2.06 bits per heavy atom. The van der Waals surface area contributed by atoms with E-state index >= 15 is 0 Å². The maximum absolute atomic E-state index is 13.2. The molecule has 0 spiro atoms. The number of fused-ring (bicyclic) bond motifs is 1. The Labute approximate surface area is 108 Å². The first-order valence-electron chi connectivity index (χ1n) is 6.71. The van der Waals surface area contributed by atoms with Crippen molar-refractivity contribution in [1.29, 1.82) is 0 Å². The molecular weight excluding hydrogens is 229 g/mol. The first kappa shape index (κ1) is 13.2. The summed E-state index contributed by atoms with van der Waals surface area (Å²) in [5.41, 5.74) is 1.58. The fourth-order valence-electron chi connectivity index (χ4n) is 2.83. The SMILES string of the molecule is CCN(CC)C1CCc2ccc(F)cc2C(=O)C1. The minimum Gasteiger partial charge on any atom is -0.300 e. The molecule has 0 radical (unpaired) electrons. The molecule has 1 atom stereocenters. The summed E-state index contributed by atoms with van der Waals surface area (Å²) < 4.78 is 13.2. The fourth-order valence-corrected chi connectivity index (χ4v) is 2.83. The number of aryl methyl sites for hydroxylation is 1. The smallest absolute Gasteiger partial charge is 0.164 e. The number of halogens is 1. The molecule has 1 aliphatic rings. The normalized spacial score (nSPS) is 19.8. The van der Waals surface area contributed by atoms with E-state index in [4.69, 9.17) is 0 Å². The summed E-state index contributed by atoms with van der Waals surface area (Å²) in [6, 6.07) is 4.89. The Bertz CT molecular complexity index is 440. The molecule has 0 saturated heterocycles. The third-order valence-electron chi connectivity index (χ3n) is 3.87. The van der Waals surface area contributed by atoms with E-state index in [1.807, 2.05) is 0 Å². The van der Waals surface area contributed by atoms with Crippen LogP contribution >= 0.6 is 0 Å². The summed E-state index contributed by atoms with van der Waals surface area (Å²) in [5.74, 6) is -0.234. The lowest BCUT2D eigenvalue weighted by atomic mass is 10.0. The largest absolute Gasteiger partial charge is 0.300 e. The van der Waals surface area contributed by atoms with Crippen LogP contribution in [0.5, 0.6) is 0 Å². The van der Waals surface area contributed by atoms with Crippen molar-refractivity contribution in [3.63, 3.8) is 0 Å². The molecule has 0 heterocycles. The number of hydrogen-bond donors (Lipinski definition) is 0. The maximum Gasteiger partial charge on any atom is 0.164 e. The lowest BCUT2D eigenvalue weighted by Gasteiger charge is -2.27. The van der Waals surface area contributed by atoms with Gasteiger partial charge in [0.1, 0.15) is 5.82 Å². The van der Waals surface area contributed by atoms with Crippen molar-refractivity contribution in [2.24, 2.45) is 0 Å². The number of benzene rings is 1. The molecule has 1 aliphatic carbocycles. The van der Waals surface area contributed by atoms with Crippen LogP contribution in [0.3, 0.4) is 0 Å². The lowest BCUT2D eigenvalue weighted by molar-refractivity contribution is 0.0927. The van der Waals surface area contributed by atoms with Gasteiger partial charge in [0.2, 0.25) is 0 Å². The molecule has 0 fully saturated rings. The zero-order valence-electron chi connectivity index (χ0n) is 11.1. The summed E-state index contributed by atoms with van der Waals surface area (Å²) in [4.78, 5) is 14.5. The number of carbonyl (C=O) groups is 1. The number of carbonyl (C=O) groups excluding carboxylic acids is 1. The summed E-state index contributed by atoms with van der Waals surface area (Å²) in [5, 5.41) is 0. The van der Waals surface area contributed by atoms with E-state index in [0.717, 1.165) is 31.5 Å². The highest BCUT2D eigenvalue weighted by molar-refractivity contribution is 5.98. The molecule has 18 heavy (non-hydrogen) atoms. The van der Waals surface area contributed by atoms with Crippen LogP contribution < -0.4 is 0 Å². The van der Waals surface area contributed by atoms with E-state index in [9.17, 15) is 9.18 Å². The van der Waals surface area contributed by atoms with Crippen LogP contribution in [0.2, 0.25) is 0 Å². The Balaban J connectivity index is 2.24. The minimum absolute atomic E-state index is 0.0823. The van der Waals surface area contributed by atoms with Crippen molar-refractivity contribution >= 4 is 5.78 Å². The van der Waals surface area contributed by atoms with Crippen LogP contribution in [0.25, 0.3) is 0 Å². The second kappa shape index (κ2) is 5.61. The molecule has 98 valence electrons. The summed E-state index contributed by atoms with van der Waals surface area (Å²) in [7, 11) is 0. The highest BCUT2D eigenvalue weighted by atomic mass is 19.1. The van der Waals surface area contributed by atoms with Gasteiger partial charge in [-0.25, -0.2) is 4.39 Å². The molecule has 0 aromatic heterocycles. The van der Waals surface area contributed by atoms with Crippen molar-refractivity contribution in [2.45, 2.75) is 39.2 Å². The molecule has 1 unspecified atom stereocenters. The predicted molar refractivity (Wildman–Crippen MR) is 70.4 cm³/mol. The van der Waals surface area contributed by atoms with Crippen LogP contribution in [0, 0.1) is 5.82 Å². The van der Waals surface area contributed by atoms with E-state index in [2.05, 4.69) is 18.7 Å². The van der Waals surface area contributed by atoms with Crippen molar-refractivity contribution in [3.8, 4) is 0 Å². The summed E-state index contributed by atoms with van der Waals surface area (Å²) in [6.07, 6.45) is 2.35. The van der Waals surface area contributed by atoms with Gasteiger partial charge < -0.3 is 4.90 Å². The van der Waals surface area contributed by atoms with Gasteiger partial charge in [-0.2, -0.15) is 0 Å². The van der Waals surface area contributed by atoms with E-state index in [1.54, 1.807) is 6.07 Å².